The fourth-order valence-electron chi connectivity index (χ4n) is 3.15. The highest BCUT2D eigenvalue weighted by Crippen LogP contribution is 2.07. The average molecular weight is 530 g/mol. The molecule has 1 rings (SSSR count). The van der Waals surface area contributed by atoms with E-state index in [1.165, 1.54) is 0 Å². The predicted molar refractivity (Wildman–Crippen MR) is 145 cm³/mol. The van der Waals surface area contributed by atoms with E-state index in [-0.39, 0.29) is 37.1 Å². The normalized spacial score (nSPS) is 15.7. The predicted octanol–water partition coefficient (Wildman–Crippen LogP) is 3.54. The van der Waals surface area contributed by atoms with Crippen LogP contribution in [-0.4, -0.2) is 108 Å². The van der Waals surface area contributed by atoms with Crippen molar-refractivity contribution in [3.63, 3.8) is 0 Å². The van der Waals surface area contributed by atoms with E-state index < -0.39 is 0 Å². The minimum atomic E-state index is -0.0421. The van der Waals surface area contributed by atoms with Crippen LogP contribution in [0.5, 0.6) is 0 Å². The maximum absolute atomic E-state index is 8.62. The Morgan fingerprint density at radius 1 is 0.595 bits per heavy atom. The lowest BCUT2D eigenvalue weighted by molar-refractivity contribution is -0.0979. The summed E-state index contributed by atoms with van der Waals surface area (Å²) < 4.78 is 39.7. The maximum atomic E-state index is 8.62. The van der Waals surface area contributed by atoms with Gasteiger partial charge >= 0.3 is 0 Å². The summed E-state index contributed by atoms with van der Waals surface area (Å²) in [6, 6.07) is 10.2. The van der Waals surface area contributed by atoms with Crippen LogP contribution in [0.15, 0.2) is 30.3 Å². The smallest absolute Gasteiger partial charge is 0.0781 e. The van der Waals surface area contributed by atoms with Crippen molar-refractivity contribution in [2.75, 3.05) is 77.9 Å². The van der Waals surface area contributed by atoms with Gasteiger partial charge in [-0.25, -0.2) is 0 Å². The Bertz CT molecular complexity index is 623. The summed E-state index contributed by atoms with van der Waals surface area (Å²) in [4.78, 5) is 0. The summed E-state index contributed by atoms with van der Waals surface area (Å²) >= 11 is 0. The van der Waals surface area contributed by atoms with Crippen LogP contribution in [0.1, 0.15) is 41.0 Å². The van der Waals surface area contributed by atoms with E-state index in [1.54, 1.807) is 0 Å². The number of rotatable bonds is 25. The number of hydrogen-bond acceptors (Lipinski definition) is 9. The molecule has 5 unspecified atom stereocenters. The second-order valence-electron chi connectivity index (χ2n) is 9.29. The van der Waals surface area contributed by atoms with Crippen molar-refractivity contribution in [2.24, 2.45) is 0 Å². The van der Waals surface area contributed by atoms with Gasteiger partial charge in [0.2, 0.25) is 0 Å². The summed E-state index contributed by atoms with van der Waals surface area (Å²) in [6.45, 7) is 15.3. The Hall–Kier alpha value is -1.30. The molecule has 9 nitrogen and oxygen atoms in total. The first-order valence-corrected chi connectivity index (χ1v) is 13.5. The van der Waals surface area contributed by atoms with Crippen molar-refractivity contribution >= 4 is 5.69 Å². The lowest BCUT2D eigenvalue weighted by atomic mass is 10.2. The van der Waals surface area contributed by atoms with E-state index in [4.69, 9.17) is 38.3 Å². The van der Waals surface area contributed by atoms with Gasteiger partial charge < -0.3 is 43.6 Å². The fraction of sp³-hybridized carbons (Fsp3) is 0.786. The van der Waals surface area contributed by atoms with Gasteiger partial charge in [-0.1, -0.05) is 18.2 Å². The lowest BCUT2D eigenvalue weighted by Gasteiger charge is -2.22. The molecule has 0 amide bonds. The Kier molecular flexibility index (Phi) is 20.7. The molecule has 216 valence electrons. The number of hydrogen-bond donors (Lipinski definition) is 2. The van der Waals surface area contributed by atoms with Gasteiger partial charge in [-0.05, 0) is 53.2 Å². The number of ether oxygens (including phenoxy) is 7. The Morgan fingerprint density at radius 2 is 1.05 bits per heavy atom. The molecule has 0 spiro atoms. The average Bonchev–Trinajstić information content (AvgIpc) is 2.90. The largest absolute Gasteiger partial charge is 0.394 e. The van der Waals surface area contributed by atoms with Crippen LogP contribution in [0.4, 0.5) is 5.69 Å². The molecule has 0 heterocycles. The monoisotopic (exact) mass is 529 g/mol. The molecule has 37 heavy (non-hydrogen) atoms. The Labute approximate surface area is 224 Å². The van der Waals surface area contributed by atoms with Crippen LogP contribution in [0.2, 0.25) is 0 Å². The summed E-state index contributed by atoms with van der Waals surface area (Å²) in [6.07, 6.45) is 0.976. The van der Waals surface area contributed by atoms with Crippen molar-refractivity contribution < 1.29 is 38.3 Å². The van der Waals surface area contributed by atoms with Crippen LogP contribution in [0, 0.1) is 0 Å². The molecule has 2 N–H and O–H groups in total. The van der Waals surface area contributed by atoms with Gasteiger partial charge in [0.1, 0.15) is 0 Å². The number of nitrogens with one attached hydrogen (secondary N) is 1. The molecule has 0 saturated carbocycles. The first-order chi connectivity index (χ1) is 17.9. The van der Waals surface area contributed by atoms with Crippen LogP contribution in [0.3, 0.4) is 0 Å². The van der Waals surface area contributed by atoms with Crippen LogP contribution < -0.4 is 5.32 Å². The third-order valence-electron chi connectivity index (χ3n) is 5.35. The van der Waals surface area contributed by atoms with Gasteiger partial charge in [-0.15, -0.1) is 0 Å². The number of aliphatic hydroxyl groups is 1. The standard InChI is InChI=1S/C28H51NO8/c1-23(11-12-29-28-9-7-6-8-10-28)34-20-25(3)36-22-27(5)37-21-26(4)35-19-24(2)33-18-17-32-16-15-31-14-13-30/h6-10,23-27,29-30H,11-22H2,1-5H3. The van der Waals surface area contributed by atoms with Crippen LogP contribution in [0.25, 0.3) is 0 Å². The zero-order chi connectivity index (χ0) is 27.1. The molecule has 0 aliphatic carbocycles. The molecule has 9 heteroatoms. The van der Waals surface area contributed by atoms with Gasteiger partial charge in [0.05, 0.1) is 96.6 Å². The first-order valence-electron chi connectivity index (χ1n) is 13.5. The molecule has 0 saturated heterocycles. The Morgan fingerprint density at radius 3 is 1.59 bits per heavy atom. The highest BCUT2D eigenvalue weighted by Gasteiger charge is 2.12. The van der Waals surface area contributed by atoms with Crippen molar-refractivity contribution in [3.05, 3.63) is 30.3 Å². The summed E-state index contributed by atoms with van der Waals surface area (Å²) in [7, 11) is 0. The highest BCUT2D eigenvalue weighted by molar-refractivity contribution is 5.42. The van der Waals surface area contributed by atoms with Crippen molar-refractivity contribution in [1.29, 1.82) is 0 Å². The number of para-hydroxylation sites is 1. The third-order valence-corrected chi connectivity index (χ3v) is 5.35. The van der Waals surface area contributed by atoms with E-state index in [9.17, 15) is 0 Å². The number of anilines is 1. The lowest BCUT2D eigenvalue weighted by Crippen LogP contribution is -2.29. The molecule has 0 fully saturated rings. The summed E-state index contributed by atoms with van der Waals surface area (Å²) in [5, 5.41) is 12.0. The minimum Gasteiger partial charge on any atom is -0.394 e. The SMILES string of the molecule is CC(CCNc1ccccc1)OCC(C)OCC(C)OCC(C)OCC(C)OCCOCCOCCO. The van der Waals surface area contributed by atoms with Gasteiger partial charge in [0.25, 0.3) is 0 Å². The molecular formula is C28H51NO8. The van der Waals surface area contributed by atoms with Gasteiger partial charge in [0.15, 0.2) is 0 Å². The van der Waals surface area contributed by atoms with Crippen molar-refractivity contribution in [3.8, 4) is 0 Å². The van der Waals surface area contributed by atoms with Crippen LogP contribution in [-0.2, 0) is 33.2 Å². The number of benzene rings is 1. The summed E-state index contributed by atoms with van der Waals surface area (Å²) in [5.74, 6) is 0. The summed E-state index contributed by atoms with van der Waals surface area (Å²) in [5.41, 5.74) is 1.13. The van der Waals surface area contributed by atoms with Crippen molar-refractivity contribution in [2.45, 2.75) is 71.6 Å². The number of aliphatic hydroxyl groups excluding tert-OH is 1. The molecule has 0 aliphatic heterocycles. The second-order valence-corrected chi connectivity index (χ2v) is 9.29. The van der Waals surface area contributed by atoms with Gasteiger partial charge in [-0.2, -0.15) is 0 Å². The fourth-order valence-corrected chi connectivity index (χ4v) is 3.15. The van der Waals surface area contributed by atoms with E-state index in [0.29, 0.717) is 59.5 Å². The quantitative estimate of drug-likeness (QED) is 0.184. The van der Waals surface area contributed by atoms with E-state index in [1.807, 2.05) is 45.9 Å². The topological polar surface area (TPSA) is 96.9 Å². The van der Waals surface area contributed by atoms with E-state index in [2.05, 4.69) is 24.4 Å². The molecule has 0 radical (unpaired) electrons. The second kappa shape index (κ2) is 22.7. The van der Waals surface area contributed by atoms with E-state index >= 15 is 0 Å². The molecule has 1 aromatic carbocycles. The third kappa shape index (κ3) is 20.4. The molecular weight excluding hydrogens is 478 g/mol. The molecule has 0 aromatic heterocycles. The molecule has 0 aliphatic rings. The van der Waals surface area contributed by atoms with Crippen molar-refractivity contribution in [1.82, 2.24) is 0 Å². The van der Waals surface area contributed by atoms with Gasteiger partial charge in [-0.3, -0.25) is 0 Å². The van der Waals surface area contributed by atoms with Gasteiger partial charge in [0, 0.05) is 12.2 Å². The highest BCUT2D eigenvalue weighted by atomic mass is 16.6. The Balaban J connectivity index is 1.98. The molecule has 0 bridgehead atoms. The van der Waals surface area contributed by atoms with Crippen LogP contribution >= 0.6 is 0 Å². The zero-order valence-electron chi connectivity index (χ0n) is 23.6. The molecule has 5 atom stereocenters. The first kappa shape index (κ1) is 33.7. The maximum Gasteiger partial charge on any atom is 0.0781 e. The van der Waals surface area contributed by atoms with E-state index in [0.717, 1.165) is 18.7 Å². The molecule has 1 aromatic rings. The minimum absolute atomic E-state index is 0.000648. The zero-order valence-corrected chi connectivity index (χ0v) is 23.6.